The van der Waals surface area contributed by atoms with Gasteiger partial charge in [-0.15, -0.1) is 0 Å². The Balaban J connectivity index is 1.77. The van der Waals surface area contributed by atoms with Crippen LogP contribution >= 0.6 is 0 Å². The van der Waals surface area contributed by atoms with Crippen molar-refractivity contribution in [3.05, 3.63) is 30.3 Å². The van der Waals surface area contributed by atoms with Crippen molar-refractivity contribution in [1.29, 1.82) is 0 Å². The number of carbonyl (C=O) groups excluding carboxylic acids is 2. The SMILES string of the molecule is CCN(CC)C(=O)N1CCC(C(=O)NCC(C)N(C)c2ccccc2)CC1. The highest BCUT2D eigenvalue weighted by Gasteiger charge is 2.29. The van der Waals surface area contributed by atoms with Crippen molar-refractivity contribution >= 4 is 17.6 Å². The van der Waals surface area contributed by atoms with Gasteiger partial charge in [0, 0.05) is 57.4 Å². The third kappa shape index (κ3) is 5.62. The van der Waals surface area contributed by atoms with E-state index in [0.29, 0.717) is 19.6 Å². The number of urea groups is 1. The van der Waals surface area contributed by atoms with E-state index in [4.69, 9.17) is 0 Å². The van der Waals surface area contributed by atoms with Crippen LogP contribution in [0.15, 0.2) is 30.3 Å². The maximum absolute atomic E-state index is 12.5. The summed E-state index contributed by atoms with van der Waals surface area (Å²) in [6, 6.07) is 10.5. The average Bonchev–Trinajstić information content (AvgIpc) is 2.72. The number of benzene rings is 1. The molecule has 150 valence electrons. The van der Waals surface area contributed by atoms with Crippen molar-refractivity contribution in [3.63, 3.8) is 0 Å². The maximum atomic E-state index is 12.5. The van der Waals surface area contributed by atoms with Gasteiger partial charge in [-0.2, -0.15) is 0 Å². The standard InChI is InChI=1S/C21H34N4O2/c1-5-24(6-2)21(27)25-14-12-18(13-15-25)20(26)22-16-17(3)23(4)19-10-8-7-9-11-19/h7-11,17-18H,5-6,12-16H2,1-4H3,(H,22,26). The molecule has 0 radical (unpaired) electrons. The fourth-order valence-electron chi connectivity index (χ4n) is 3.47. The highest BCUT2D eigenvalue weighted by Crippen LogP contribution is 2.19. The van der Waals surface area contributed by atoms with E-state index in [1.54, 1.807) is 0 Å². The molecular formula is C21H34N4O2. The molecule has 3 amide bonds. The average molecular weight is 375 g/mol. The third-order valence-electron chi connectivity index (χ3n) is 5.57. The molecule has 2 rings (SSSR count). The number of hydrogen-bond donors (Lipinski definition) is 1. The van der Waals surface area contributed by atoms with Crippen LogP contribution in [-0.2, 0) is 4.79 Å². The first-order valence-corrected chi connectivity index (χ1v) is 10.1. The first-order valence-electron chi connectivity index (χ1n) is 10.1. The van der Waals surface area contributed by atoms with Crippen LogP contribution in [0.5, 0.6) is 0 Å². The summed E-state index contributed by atoms with van der Waals surface area (Å²) in [5.41, 5.74) is 1.14. The number of carbonyl (C=O) groups is 2. The van der Waals surface area contributed by atoms with E-state index in [1.165, 1.54) is 0 Å². The van der Waals surface area contributed by atoms with Crippen LogP contribution in [0, 0.1) is 5.92 Å². The van der Waals surface area contributed by atoms with E-state index in [1.807, 2.05) is 48.9 Å². The Bertz CT molecular complexity index is 595. The second-order valence-electron chi connectivity index (χ2n) is 7.26. The molecule has 6 heteroatoms. The summed E-state index contributed by atoms with van der Waals surface area (Å²) in [7, 11) is 2.05. The van der Waals surface area contributed by atoms with Crippen LogP contribution in [0.1, 0.15) is 33.6 Å². The van der Waals surface area contributed by atoms with Crippen LogP contribution < -0.4 is 10.2 Å². The number of nitrogens with one attached hydrogen (secondary N) is 1. The van der Waals surface area contributed by atoms with Crippen molar-refractivity contribution in [2.45, 2.75) is 39.7 Å². The van der Waals surface area contributed by atoms with Crippen LogP contribution in [-0.4, -0.2) is 67.6 Å². The van der Waals surface area contributed by atoms with E-state index in [-0.39, 0.29) is 23.9 Å². The number of piperidine rings is 1. The van der Waals surface area contributed by atoms with Gasteiger partial charge in [0.15, 0.2) is 0 Å². The molecule has 0 aliphatic carbocycles. The zero-order valence-corrected chi connectivity index (χ0v) is 17.1. The molecule has 1 aliphatic heterocycles. The van der Waals surface area contributed by atoms with Crippen LogP contribution in [0.2, 0.25) is 0 Å². The topological polar surface area (TPSA) is 55.9 Å². The Labute approximate surface area is 163 Å². The summed E-state index contributed by atoms with van der Waals surface area (Å²) in [6.45, 7) is 9.48. The number of likely N-dealkylation sites (tertiary alicyclic amines) is 1. The fourth-order valence-corrected chi connectivity index (χ4v) is 3.47. The molecule has 1 aromatic rings. The Kier molecular flexibility index (Phi) is 7.95. The number of amides is 3. The normalized spacial score (nSPS) is 15.9. The lowest BCUT2D eigenvalue weighted by Crippen LogP contribution is -2.49. The quantitative estimate of drug-likeness (QED) is 0.798. The van der Waals surface area contributed by atoms with Crippen LogP contribution in [0.4, 0.5) is 10.5 Å². The summed E-state index contributed by atoms with van der Waals surface area (Å²) in [5, 5.41) is 3.10. The minimum absolute atomic E-state index is 0.0000144. The molecule has 1 aromatic carbocycles. The van der Waals surface area contributed by atoms with Gasteiger partial charge in [0.1, 0.15) is 0 Å². The molecule has 1 saturated heterocycles. The van der Waals surface area contributed by atoms with Gasteiger partial charge in [-0.05, 0) is 45.7 Å². The van der Waals surface area contributed by atoms with Gasteiger partial charge in [0.05, 0.1) is 0 Å². The zero-order chi connectivity index (χ0) is 19.8. The third-order valence-corrected chi connectivity index (χ3v) is 5.57. The predicted octanol–water partition coefficient (Wildman–Crippen LogP) is 2.80. The molecule has 1 N–H and O–H groups in total. The summed E-state index contributed by atoms with van der Waals surface area (Å²) in [6.07, 6.45) is 1.48. The Morgan fingerprint density at radius 2 is 1.74 bits per heavy atom. The van der Waals surface area contributed by atoms with Gasteiger partial charge >= 0.3 is 6.03 Å². The van der Waals surface area contributed by atoms with Crippen molar-refractivity contribution in [3.8, 4) is 0 Å². The lowest BCUT2D eigenvalue weighted by atomic mass is 9.96. The summed E-state index contributed by atoms with van der Waals surface area (Å²) >= 11 is 0. The van der Waals surface area contributed by atoms with Gasteiger partial charge in [0.2, 0.25) is 5.91 Å². The fraction of sp³-hybridized carbons (Fsp3) is 0.619. The van der Waals surface area contributed by atoms with E-state index >= 15 is 0 Å². The summed E-state index contributed by atoms with van der Waals surface area (Å²) in [5.74, 6) is 0.109. The number of para-hydroxylation sites is 1. The van der Waals surface area contributed by atoms with E-state index in [2.05, 4.69) is 29.3 Å². The number of anilines is 1. The molecule has 1 unspecified atom stereocenters. The second-order valence-corrected chi connectivity index (χ2v) is 7.26. The molecule has 27 heavy (non-hydrogen) atoms. The minimum atomic E-state index is -0.0000144. The van der Waals surface area contributed by atoms with Crippen molar-refractivity contribution in [1.82, 2.24) is 15.1 Å². The lowest BCUT2D eigenvalue weighted by Gasteiger charge is -2.35. The van der Waals surface area contributed by atoms with Crippen LogP contribution in [0.25, 0.3) is 0 Å². The minimum Gasteiger partial charge on any atom is -0.370 e. The first kappa shape index (κ1) is 21.1. The molecule has 1 atom stereocenters. The van der Waals surface area contributed by atoms with E-state index in [9.17, 15) is 9.59 Å². The highest BCUT2D eigenvalue weighted by atomic mass is 16.2. The van der Waals surface area contributed by atoms with Crippen molar-refractivity contribution in [2.24, 2.45) is 5.92 Å². The van der Waals surface area contributed by atoms with Crippen molar-refractivity contribution < 1.29 is 9.59 Å². The van der Waals surface area contributed by atoms with Gasteiger partial charge in [0.25, 0.3) is 0 Å². The Hall–Kier alpha value is -2.24. The molecular weight excluding hydrogens is 340 g/mol. The van der Waals surface area contributed by atoms with Gasteiger partial charge in [-0.25, -0.2) is 4.79 Å². The molecule has 1 fully saturated rings. The van der Waals surface area contributed by atoms with Crippen molar-refractivity contribution in [2.75, 3.05) is 44.7 Å². The second kappa shape index (κ2) is 10.2. The number of nitrogens with zero attached hydrogens (tertiary/aromatic N) is 3. The number of likely N-dealkylation sites (N-methyl/N-ethyl adjacent to an activating group) is 1. The number of rotatable bonds is 7. The molecule has 0 bridgehead atoms. The first-order chi connectivity index (χ1) is 13.0. The Morgan fingerprint density at radius 1 is 1.15 bits per heavy atom. The monoisotopic (exact) mass is 374 g/mol. The van der Waals surface area contributed by atoms with Gasteiger partial charge in [-0.1, -0.05) is 18.2 Å². The maximum Gasteiger partial charge on any atom is 0.319 e. The zero-order valence-electron chi connectivity index (χ0n) is 17.1. The predicted molar refractivity (Wildman–Crippen MR) is 110 cm³/mol. The van der Waals surface area contributed by atoms with Gasteiger partial charge in [-0.3, -0.25) is 4.79 Å². The largest absolute Gasteiger partial charge is 0.370 e. The summed E-state index contributed by atoms with van der Waals surface area (Å²) < 4.78 is 0. The smallest absolute Gasteiger partial charge is 0.319 e. The van der Waals surface area contributed by atoms with E-state index in [0.717, 1.165) is 31.6 Å². The molecule has 1 heterocycles. The molecule has 6 nitrogen and oxygen atoms in total. The van der Waals surface area contributed by atoms with Gasteiger partial charge < -0.3 is 20.0 Å². The van der Waals surface area contributed by atoms with Crippen LogP contribution in [0.3, 0.4) is 0 Å². The molecule has 1 aliphatic rings. The molecule has 0 saturated carbocycles. The van der Waals surface area contributed by atoms with E-state index < -0.39 is 0 Å². The summed E-state index contributed by atoms with van der Waals surface area (Å²) in [4.78, 5) is 30.8. The molecule has 0 aromatic heterocycles. The Morgan fingerprint density at radius 3 is 2.30 bits per heavy atom. The number of hydrogen-bond acceptors (Lipinski definition) is 3. The lowest BCUT2D eigenvalue weighted by molar-refractivity contribution is -0.126. The highest BCUT2D eigenvalue weighted by molar-refractivity contribution is 5.79. The molecule has 0 spiro atoms.